The van der Waals surface area contributed by atoms with Gasteiger partial charge in [0.25, 0.3) is 0 Å². The van der Waals surface area contributed by atoms with Gasteiger partial charge in [0.05, 0.1) is 12.6 Å². The molecule has 1 aliphatic rings. The zero-order valence-electron chi connectivity index (χ0n) is 11.4. The second-order valence-corrected chi connectivity index (χ2v) is 6.19. The summed E-state index contributed by atoms with van der Waals surface area (Å²) in [5.74, 6) is 0.884. The van der Waals surface area contributed by atoms with Crippen molar-refractivity contribution in [2.24, 2.45) is 0 Å². The van der Waals surface area contributed by atoms with E-state index in [9.17, 15) is 0 Å². The van der Waals surface area contributed by atoms with Gasteiger partial charge in [0.2, 0.25) is 0 Å². The third-order valence-corrected chi connectivity index (χ3v) is 4.54. The van der Waals surface area contributed by atoms with E-state index in [0.29, 0.717) is 21.7 Å². The van der Waals surface area contributed by atoms with Crippen molar-refractivity contribution in [2.45, 2.75) is 12.5 Å². The summed E-state index contributed by atoms with van der Waals surface area (Å²) in [6.07, 6.45) is 0.871. The van der Waals surface area contributed by atoms with Crippen LogP contribution in [0, 0.1) is 0 Å². The monoisotopic (exact) mass is 341 g/mol. The average molecular weight is 343 g/mol. The molecule has 1 aliphatic heterocycles. The standard InChI is InChI=1S/C16H14Cl3NO/c1-20-15(14-12(18)3-2-4-13(14)19)11-8-10(17)7-9-5-6-21-16(9)11/h2-4,7-8,15,20H,5-6H2,1H3. The molecule has 0 saturated carbocycles. The van der Waals surface area contributed by atoms with Crippen LogP contribution in [0.2, 0.25) is 15.1 Å². The first kappa shape index (κ1) is 15.0. The molecule has 0 fully saturated rings. The van der Waals surface area contributed by atoms with E-state index >= 15 is 0 Å². The van der Waals surface area contributed by atoms with Gasteiger partial charge in [-0.05, 0) is 36.9 Å². The van der Waals surface area contributed by atoms with Crippen molar-refractivity contribution in [2.75, 3.05) is 13.7 Å². The molecule has 1 atom stereocenters. The van der Waals surface area contributed by atoms with Crippen LogP contribution in [-0.4, -0.2) is 13.7 Å². The minimum atomic E-state index is -0.170. The number of halogens is 3. The maximum atomic E-state index is 6.35. The molecule has 1 heterocycles. The molecule has 110 valence electrons. The summed E-state index contributed by atoms with van der Waals surface area (Å²) in [5, 5.41) is 5.20. The molecular weight excluding hydrogens is 329 g/mol. The number of fused-ring (bicyclic) bond motifs is 1. The van der Waals surface area contributed by atoms with Crippen LogP contribution in [0.5, 0.6) is 5.75 Å². The van der Waals surface area contributed by atoms with Crippen LogP contribution in [0.1, 0.15) is 22.7 Å². The topological polar surface area (TPSA) is 21.3 Å². The van der Waals surface area contributed by atoms with Gasteiger partial charge in [0.15, 0.2) is 0 Å². The van der Waals surface area contributed by atoms with E-state index in [1.165, 1.54) is 0 Å². The highest BCUT2D eigenvalue weighted by atomic mass is 35.5. The molecule has 0 aromatic heterocycles. The van der Waals surface area contributed by atoms with Crippen LogP contribution < -0.4 is 10.1 Å². The Bertz CT molecular complexity index is 667. The Morgan fingerprint density at radius 1 is 1.14 bits per heavy atom. The van der Waals surface area contributed by atoms with Gasteiger partial charge in [-0.2, -0.15) is 0 Å². The van der Waals surface area contributed by atoms with Crippen molar-refractivity contribution >= 4 is 34.8 Å². The van der Waals surface area contributed by atoms with Gasteiger partial charge in [-0.1, -0.05) is 40.9 Å². The molecule has 21 heavy (non-hydrogen) atoms. The third kappa shape index (κ3) is 2.74. The predicted octanol–water partition coefficient (Wildman–Crippen LogP) is 4.89. The number of benzene rings is 2. The van der Waals surface area contributed by atoms with Gasteiger partial charge in [-0.15, -0.1) is 0 Å². The Hall–Kier alpha value is -0.930. The minimum absolute atomic E-state index is 0.170. The van der Waals surface area contributed by atoms with Crippen LogP contribution >= 0.6 is 34.8 Å². The Labute approximate surface area is 139 Å². The molecule has 0 saturated heterocycles. The van der Waals surface area contributed by atoms with E-state index in [1.807, 2.05) is 37.4 Å². The normalized spacial score (nSPS) is 14.7. The van der Waals surface area contributed by atoms with Crippen molar-refractivity contribution in [3.63, 3.8) is 0 Å². The predicted molar refractivity (Wildman–Crippen MR) is 88.0 cm³/mol. The number of rotatable bonds is 3. The SMILES string of the molecule is CNC(c1cc(Cl)cc2c1OCC2)c1c(Cl)cccc1Cl. The summed E-state index contributed by atoms with van der Waals surface area (Å²) in [4.78, 5) is 0. The first-order valence-electron chi connectivity index (χ1n) is 6.68. The van der Waals surface area contributed by atoms with Crippen LogP contribution in [-0.2, 0) is 6.42 Å². The summed E-state index contributed by atoms with van der Waals surface area (Å²) >= 11 is 18.9. The minimum Gasteiger partial charge on any atom is -0.493 e. The van der Waals surface area contributed by atoms with E-state index in [0.717, 1.165) is 28.9 Å². The van der Waals surface area contributed by atoms with Crippen molar-refractivity contribution in [3.8, 4) is 5.75 Å². The summed E-state index contributed by atoms with van der Waals surface area (Å²) < 4.78 is 5.78. The zero-order chi connectivity index (χ0) is 15.0. The van der Waals surface area contributed by atoms with E-state index in [-0.39, 0.29) is 6.04 Å². The largest absolute Gasteiger partial charge is 0.493 e. The molecule has 2 aromatic rings. The van der Waals surface area contributed by atoms with E-state index in [2.05, 4.69) is 5.32 Å². The lowest BCUT2D eigenvalue weighted by atomic mass is 9.95. The Morgan fingerprint density at radius 3 is 2.52 bits per heavy atom. The molecule has 5 heteroatoms. The molecule has 0 spiro atoms. The maximum Gasteiger partial charge on any atom is 0.127 e. The van der Waals surface area contributed by atoms with Gasteiger partial charge in [0, 0.05) is 32.6 Å². The van der Waals surface area contributed by atoms with Crippen molar-refractivity contribution in [3.05, 3.63) is 62.1 Å². The number of nitrogens with one attached hydrogen (secondary N) is 1. The number of hydrogen-bond donors (Lipinski definition) is 1. The Balaban J connectivity index is 2.18. The second kappa shape index (κ2) is 6.05. The van der Waals surface area contributed by atoms with Gasteiger partial charge in [-0.3, -0.25) is 0 Å². The van der Waals surface area contributed by atoms with E-state index < -0.39 is 0 Å². The van der Waals surface area contributed by atoms with E-state index in [4.69, 9.17) is 39.5 Å². The Kier molecular flexibility index (Phi) is 4.32. The van der Waals surface area contributed by atoms with Gasteiger partial charge < -0.3 is 10.1 Å². The fourth-order valence-electron chi connectivity index (χ4n) is 2.75. The molecule has 1 N–H and O–H groups in total. The molecule has 0 aliphatic carbocycles. The van der Waals surface area contributed by atoms with Crippen LogP contribution in [0.4, 0.5) is 0 Å². The summed E-state index contributed by atoms with van der Waals surface area (Å²) in [6, 6.07) is 9.19. The fraction of sp³-hybridized carbons (Fsp3) is 0.250. The van der Waals surface area contributed by atoms with Gasteiger partial charge in [0.1, 0.15) is 5.75 Å². The van der Waals surface area contributed by atoms with Crippen LogP contribution in [0.25, 0.3) is 0 Å². The second-order valence-electron chi connectivity index (χ2n) is 4.94. The molecular formula is C16H14Cl3NO. The smallest absolute Gasteiger partial charge is 0.127 e. The average Bonchev–Trinajstić information content (AvgIpc) is 2.90. The quantitative estimate of drug-likeness (QED) is 0.857. The van der Waals surface area contributed by atoms with Crippen molar-refractivity contribution in [1.82, 2.24) is 5.32 Å². The third-order valence-electron chi connectivity index (χ3n) is 3.67. The van der Waals surface area contributed by atoms with Crippen LogP contribution in [0.15, 0.2) is 30.3 Å². The number of ether oxygens (including phenoxy) is 1. The Morgan fingerprint density at radius 2 is 1.86 bits per heavy atom. The van der Waals surface area contributed by atoms with Crippen molar-refractivity contribution in [1.29, 1.82) is 0 Å². The van der Waals surface area contributed by atoms with Crippen molar-refractivity contribution < 1.29 is 4.74 Å². The first-order chi connectivity index (χ1) is 10.1. The van der Waals surface area contributed by atoms with Gasteiger partial charge in [-0.25, -0.2) is 0 Å². The number of hydrogen-bond acceptors (Lipinski definition) is 2. The molecule has 0 amide bonds. The summed E-state index contributed by atoms with van der Waals surface area (Å²) in [6.45, 7) is 0.676. The molecule has 3 rings (SSSR count). The summed E-state index contributed by atoms with van der Waals surface area (Å²) in [7, 11) is 1.87. The lowest BCUT2D eigenvalue weighted by Crippen LogP contribution is -2.19. The highest BCUT2D eigenvalue weighted by molar-refractivity contribution is 6.36. The van der Waals surface area contributed by atoms with Gasteiger partial charge >= 0.3 is 0 Å². The maximum absolute atomic E-state index is 6.35. The highest BCUT2D eigenvalue weighted by Crippen LogP contribution is 2.41. The molecule has 0 radical (unpaired) electrons. The van der Waals surface area contributed by atoms with E-state index in [1.54, 1.807) is 0 Å². The highest BCUT2D eigenvalue weighted by Gasteiger charge is 2.26. The molecule has 0 bridgehead atoms. The molecule has 2 aromatic carbocycles. The lowest BCUT2D eigenvalue weighted by Gasteiger charge is -2.22. The first-order valence-corrected chi connectivity index (χ1v) is 7.81. The van der Waals surface area contributed by atoms with Crippen LogP contribution in [0.3, 0.4) is 0 Å². The molecule has 2 nitrogen and oxygen atoms in total. The summed E-state index contributed by atoms with van der Waals surface area (Å²) in [5.41, 5.74) is 2.93. The fourth-order valence-corrected chi connectivity index (χ4v) is 3.62. The lowest BCUT2D eigenvalue weighted by molar-refractivity contribution is 0.351. The zero-order valence-corrected chi connectivity index (χ0v) is 13.7. The molecule has 1 unspecified atom stereocenters.